The number of carbonyl (C=O) groups is 2. The average Bonchev–Trinajstić information content (AvgIpc) is 3.23. The Morgan fingerprint density at radius 3 is 2.54 bits per heavy atom. The van der Waals surface area contributed by atoms with Crippen LogP contribution in [0.25, 0.3) is 17.5 Å². The number of amides is 2. The first-order valence-corrected chi connectivity index (χ1v) is 9.39. The minimum absolute atomic E-state index is 0.287. The zero-order valence-electron chi connectivity index (χ0n) is 15.0. The Bertz CT molecular complexity index is 1060. The minimum atomic E-state index is -0.369. The van der Waals surface area contributed by atoms with E-state index in [0.717, 1.165) is 28.6 Å². The molecule has 7 heteroatoms. The van der Waals surface area contributed by atoms with Crippen LogP contribution in [0.2, 0.25) is 0 Å². The maximum atomic E-state index is 11.6. The molecular weight excluding hydrogens is 376 g/mol. The van der Waals surface area contributed by atoms with Gasteiger partial charge in [-0.15, -0.1) is 0 Å². The summed E-state index contributed by atoms with van der Waals surface area (Å²) in [5.41, 5.74) is 2.47. The molecule has 0 radical (unpaired) electrons. The van der Waals surface area contributed by atoms with E-state index in [4.69, 9.17) is 9.15 Å². The predicted molar refractivity (Wildman–Crippen MR) is 107 cm³/mol. The van der Waals surface area contributed by atoms with Crippen LogP contribution in [0.15, 0.2) is 63.9 Å². The van der Waals surface area contributed by atoms with Crippen LogP contribution in [0.4, 0.5) is 4.79 Å². The van der Waals surface area contributed by atoms with Crippen LogP contribution >= 0.6 is 11.8 Å². The number of thioether (sulfide) groups is 1. The summed E-state index contributed by atoms with van der Waals surface area (Å²) in [4.78, 5) is 27.7. The fraction of sp³-hybridized carbons (Fsp3) is 0.0952. The van der Waals surface area contributed by atoms with Gasteiger partial charge in [0.1, 0.15) is 23.8 Å². The Hall–Kier alpha value is -3.32. The maximum Gasteiger partial charge on any atom is 0.290 e. The molecule has 140 valence electrons. The van der Waals surface area contributed by atoms with Crippen molar-refractivity contribution in [3.05, 3.63) is 76.5 Å². The van der Waals surface area contributed by atoms with Crippen molar-refractivity contribution >= 4 is 29.0 Å². The first kappa shape index (κ1) is 18.1. The van der Waals surface area contributed by atoms with Crippen LogP contribution in [0.1, 0.15) is 17.0 Å². The summed E-state index contributed by atoms with van der Waals surface area (Å²) in [7, 11) is 0. The molecule has 3 aromatic rings. The molecular formula is C21H16N2O4S. The second-order valence-electron chi connectivity index (χ2n) is 6.10. The number of hydrogen-bond donors (Lipinski definition) is 1. The summed E-state index contributed by atoms with van der Waals surface area (Å²) in [6.07, 6.45) is 1.67. The number of nitrogens with one attached hydrogen (secondary N) is 1. The minimum Gasteiger partial charge on any atom is -0.487 e. The van der Waals surface area contributed by atoms with Crippen molar-refractivity contribution in [1.29, 1.82) is 0 Å². The van der Waals surface area contributed by atoms with Gasteiger partial charge in [0.05, 0.1) is 4.91 Å². The van der Waals surface area contributed by atoms with Gasteiger partial charge in [0, 0.05) is 5.56 Å². The van der Waals surface area contributed by atoms with Crippen LogP contribution in [0.3, 0.4) is 0 Å². The molecule has 1 N–H and O–H groups in total. The molecule has 1 aliphatic heterocycles. The molecule has 1 aliphatic rings. The number of imide groups is 1. The van der Waals surface area contributed by atoms with Gasteiger partial charge in [0.15, 0.2) is 0 Å². The highest BCUT2D eigenvalue weighted by atomic mass is 32.2. The van der Waals surface area contributed by atoms with Crippen LogP contribution in [0.5, 0.6) is 5.75 Å². The molecule has 6 nitrogen and oxygen atoms in total. The van der Waals surface area contributed by atoms with E-state index in [1.165, 1.54) is 0 Å². The molecule has 1 aromatic heterocycles. The molecule has 0 atom stereocenters. The summed E-state index contributed by atoms with van der Waals surface area (Å²) in [5.74, 6) is 1.59. The summed E-state index contributed by atoms with van der Waals surface area (Å²) >= 11 is 0.894. The molecule has 1 saturated heterocycles. The highest BCUT2D eigenvalue weighted by Gasteiger charge is 2.24. The second-order valence-corrected chi connectivity index (χ2v) is 7.11. The second kappa shape index (κ2) is 7.74. The smallest absolute Gasteiger partial charge is 0.290 e. The van der Waals surface area contributed by atoms with Crippen LogP contribution in [0, 0.1) is 6.92 Å². The van der Waals surface area contributed by atoms with Crippen LogP contribution in [-0.4, -0.2) is 16.1 Å². The molecule has 28 heavy (non-hydrogen) atoms. The Labute approximate surface area is 165 Å². The van der Waals surface area contributed by atoms with E-state index in [1.54, 1.807) is 18.2 Å². The van der Waals surface area contributed by atoms with Crippen LogP contribution in [-0.2, 0) is 11.4 Å². The van der Waals surface area contributed by atoms with Crippen molar-refractivity contribution < 1.29 is 18.7 Å². The number of aromatic nitrogens is 1. The van der Waals surface area contributed by atoms with E-state index in [2.05, 4.69) is 10.3 Å². The van der Waals surface area contributed by atoms with E-state index in [9.17, 15) is 9.59 Å². The van der Waals surface area contributed by atoms with E-state index in [1.807, 2.05) is 49.4 Å². The SMILES string of the molecule is Cc1oc(-c2ccccc2)nc1COc1ccc(/C=C2/SC(=O)NC2=O)cc1. The highest BCUT2D eigenvalue weighted by molar-refractivity contribution is 8.18. The molecule has 0 aliphatic carbocycles. The third-order valence-corrected chi connectivity index (χ3v) is 4.92. The number of benzene rings is 2. The number of carbonyl (C=O) groups excluding carboxylic acids is 2. The Morgan fingerprint density at radius 2 is 1.86 bits per heavy atom. The van der Waals surface area contributed by atoms with Gasteiger partial charge in [-0.2, -0.15) is 0 Å². The molecule has 0 unspecified atom stereocenters. The molecule has 2 aromatic carbocycles. The average molecular weight is 392 g/mol. The van der Waals surface area contributed by atoms with Crippen molar-refractivity contribution in [1.82, 2.24) is 10.3 Å². The molecule has 4 rings (SSSR count). The third-order valence-electron chi connectivity index (χ3n) is 4.11. The third kappa shape index (κ3) is 3.99. The zero-order chi connectivity index (χ0) is 19.5. The van der Waals surface area contributed by atoms with Crippen molar-refractivity contribution in [3.8, 4) is 17.2 Å². The lowest BCUT2D eigenvalue weighted by atomic mass is 10.2. The van der Waals surface area contributed by atoms with Crippen LogP contribution < -0.4 is 10.1 Å². The lowest BCUT2D eigenvalue weighted by molar-refractivity contribution is -0.115. The standard InChI is InChI=1S/C21H16N2O4S/c1-13-17(22-20(27-13)15-5-3-2-4-6-15)12-26-16-9-7-14(8-10-16)11-18-19(24)23-21(25)28-18/h2-11H,12H2,1H3,(H,23,24,25)/b18-11+. The van der Waals surface area contributed by atoms with Crippen molar-refractivity contribution in [3.63, 3.8) is 0 Å². The fourth-order valence-corrected chi connectivity index (χ4v) is 3.33. The summed E-state index contributed by atoms with van der Waals surface area (Å²) in [6, 6.07) is 17.0. The van der Waals surface area contributed by atoms with E-state index in [0.29, 0.717) is 22.3 Å². The molecule has 0 spiro atoms. The molecule has 2 amide bonds. The summed E-state index contributed by atoms with van der Waals surface area (Å²) < 4.78 is 11.5. The largest absolute Gasteiger partial charge is 0.487 e. The number of oxazole rings is 1. The van der Waals surface area contributed by atoms with E-state index in [-0.39, 0.29) is 17.8 Å². The summed E-state index contributed by atoms with van der Waals surface area (Å²) in [6.45, 7) is 2.15. The highest BCUT2D eigenvalue weighted by Crippen LogP contribution is 2.26. The lowest BCUT2D eigenvalue weighted by Crippen LogP contribution is -2.17. The lowest BCUT2D eigenvalue weighted by Gasteiger charge is -2.05. The fourth-order valence-electron chi connectivity index (χ4n) is 2.65. The first-order valence-electron chi connectivity index (χ1n) is 8.58. The molecule has 2 heterocycles. The van der Waals surface area contributed by atoms with Gasteiger partial charge in [-0.25, -0.2) is 4.98 Å². The topological polar surface area (TPSA) is 81.4 Å². The molecule has 0 bridgehead atoms. The number of nitrogens with zero attached hydrogens (tertiary/aromatic N) is 1. The Morgan fingerprint density at radius 1 is 1.11 bits per heavy atom. The Balaban J connectivity index is 1.42. The number of ether oxygens (including phenoxy) is 1. The van der Waals surface area contributed by atoms with Crippen molar-refractivity contribution in [2.75, 3.05) is 0 Å². The van der Waals surface area contributed by atoms with Crippen molar-refractivity contribution in [2.24, 2.45) is 0 Å². The number of rotatable bonds is 5. The Kier molecular flexibility index (Phi) is 4.99. The zero-order valence-corrected chi connectivity index (χ0v) is 15.8. The summed E-state index contributed by atoms with van der Waals surface area (Å²) in [5, 5.41) is 1.88. The molecule has 1 fully saturated rings. The maximum absolute atomic E-state index is 11.6. The van der Waals surface area contributed by atoms with Crippen molar-refractivity contribution in [2.45, 2.75) is 13.5 Å². The number of hydrogen-bond acceptors (Lipinski definition) is 6. The van der Waals surface area contributed by atoms with E-state index >= 15 is 0 Å². The van der Waals surface area contributed by atoms with Gasteiger partial charge < -0.3 is 9.15 Å². The quantitative estimate of drug-likeness (QED) is 0.642. The molecule has 0 saturated carbocycles. The van der Waals surface area contributed by atoms with Gasteiger partial charge in [-0.3, -0.25) is 14.9 Å². The predicted octanol–water partition coefficient (Wildman–Crippen LogP) is 4.55. The van der Waals surface area contributed by atoms with Gasteiger partial charge in [0.2, 0.25) is 5.89 Å². The first-order chi connectivity index (χ1) is 13.6. The van der Waals surface area contributed by atoms with E-state index < -0.39 is 0 Å². The van der Waals surface area contributed by atoms with Gasteiger partial charge in [-0.05, 0) is 54.6 Å². The normalized spacial score (nSPS) is 15.1. The number of aryl methyl sites for hydroxylation is 1. The monoisotopic (exact) mass is 392 g/mol. The van der Waals surface area contributed by atoms with Gasteiger partial charge in [0.25, 0.3) is 11.1 Å². The van der Waals surface area contributed by atoms with Gasteiger partial charge >= 0.3 is 0 Å². The van der Waals surface area contributed by atoms with Gasteiger partial charge in [-0.1, -0.05) is 30.3 Å².